The number of carbonyl (C=O) groups is 1. The van der Waals surface area contributed by atoms with Gasteiger partial charge >= 0.3 is 6.09 Å². The summed E-state index contributed by atoms with van der Waals surface area (Å²) in [6, 6.07) is 9.67. The first-order valence-electron chi connectivity index (χ1n) is 12.5. The molecule has 1 saturated carbocycles. The molecule has 3 aromatic rings. The van der Waals surface area contributed by atoms with Gasteiger partial charge in [-0.05, 0) is 76.4 Å². The highest BCUT2D eigenvalue weighted by Gasteiger charge is 2.22. The molecule has 8 nitrogen and oxygen atoms in total. The first kappa shape index (κ1) is 26.6. The van der Waals surface area contributed by atoms with E-state index in [1.165, 1.54) is 25.7 Å². The lowest BCUT2D eigenvalue weighted by Crippen LogP contribution is -2.32. The van der Waals surface area contributed by atoms with Crippen molar-refractivity contribution in [2.45, 2.75) is 76.0 Å². The van der Waals surface area contributed by atoms with Crippen molar-refractivity contribution in [1.29, 1.82) is 0 Å². The average molecular weight is 520 g/mol. The van der Waals surface area contributed by atoms with Crippen molar-refractivity contribution in [3.8, 4) is 23.3 Å². The van der Waals surface area contributed by atoms with E-state index in [4.69, 9.17) is 9.47 Å². The van der Waals surface area contributed by atoms with Crippen molar-refractivity contribution in [1.82, 2.24) is 25.1 Å². The first-order valence-corrected chi connectivity index (χ1v) is 13.4. The number of pyridine rings is 1. The Morgan fingerprint density at radius 2 is 2.03 bits per heavy atom. The molecular weight excluding hydrogens is 486 g/mol. The quantitative estimate of drug-likeness (QED) is 0.415. The maximum Gasteiger partial charge on any atom is 0.408 e. The minimum Gasteiger partial charge on any atom is -0.486 e. The van der Waals surface area contributed by atoms with Crippen LogP contribution in [0.15, 0.2) is 47.9 Å². The number of nitrogens with one attached hydrogen (secondary N) is 1. The Hall–Kier alpha value is -3.51. The monoisotopic (exact) mass is 519 g/mol. The molecular formula is C28H33N5O3S. The summed E-state index contributed by atoms with van der Waals surface area (Å²) in [5.41, 5.74) is 2.24. The highest BCUT2D eigenvalue weighted by atomic mass is 32.2. The Balaban J connectivity index is 1.40. The van der Waals surface area contributed by atoms with Gasteiger partial charge in [-0.15, -0.1) is 10.2 Å². The second-order valence-corrected chi connectivity index (χ2v) is 11.2. The van der Waals surface area contributed by atoms with Gasteiger partial charge in [0.15, 0.2) is 11.0 Å². The number of ether oxygens (including phenoxy) is 2. The zero-order valence-corrected chi connectivity index (χ0v) is 22.6. The topological polar surface area (TPSA) is 91.2 Å². The first-order chi connectivity index (χ1) is 17.8. The summed E-state index contributed by atoms with van der Waals surface area (Å²) in [6.07, 6.45) is 8.06. The van der Waals surface area contributed by atoms with Gasteiger partial charge in [-0.3, -0.25) is 9.55 Å². The third-order valence-corrected chi connectivity index (χ3v) is 6.97. The molecule has 0 saturated heterocycles. The van der Waals surface area contributed by atoms with Gasteiger partial charge in [0.1, 0.15) is 18.0 Å². The van der Waals surface area contributed by atoms with Gasteiger partial charge < -0.3 is 14.8 Å². The fourth-order valence-electron chi connectivity index (χ4n) is 3.95. The molecule has 194 valence electrons. The van der Waals surface area contributed by atoms with Crippen molar-refractivity contribution < 1.29 is 14.3 Å². The molecule has 1 N–H and O–H groups in total. The highest BCUT2D eigenvalue weighted by Crippen LogP contribution is 2.35. The zero-order chi connectivity index (χ0) is 26.3. The maximum atomic E-state index is 11.7. The van der Waals surface area contributed by atoms with Crippen molar-refractivity contribution in [3.05, 3.63) is 59.7 Å². The normalized spacial score (nSPS) is 13.6. The predicted molar refractivity (Wildman–Crippen MR) is 144 cm³/mol. The Morgan fingerprint density at radius 3 is 2.73 bits per heavy atom. The number of rotatable bonds is 7. The van der Waals surface area contributed by atoms with E-state index in [-0.39, 0.29) is 13.2 Å². The average Bonchev–Trinajstić information content (AvgIpc) is 3.51. The molecule has 0 radical (unpaired) electrons. The van der Waals surface area contributed by atoms with Crippen LogP contribution in [0.25, 0.3) is 5.69 Å². The number of hydrogen-bond acceptors (Lipinski definition) is 7. The second-order valence-electron chi connectivity index (χ2n) is 9.89. The molecule has 0 spiro atoms. The third kappa shape index (κ3) is 7.73. The van der Waals surface area contributed by atoms with E-state index in [0.29, 0.717) is 5.25 Å². The van der Waals surface area contributed by atoms with Crippen LogP contribution in [-0.2, 0) is 11.3 Å². The lowest BCUT2D eigenvalue weighted by molar-refractivity contribution is 0.0535. The summed E-state index contributed by atoms with van der Waals surface area (Å²) < 4.78 is 13.4. The summed E-state index contributed by atoms with van der Waals surface area (Å²) in [6.45, 7) is 7.93. The van der Waals surface area contributed by atoms with Crippen LogP contribution < -0.4 is 10.1 Å². The maximum absolute atomic E-state index is 11.7. The molecule has 1 fully saturated rings. The smallest absolute Gasteiger partial charge is 0.408 e. The van der Waals surface area contributed by atoms with E-state index >= 15 is 0 Å². The Kier molecular flexibility index (Phi) is 8.72. The summed E-state index contributed by atoms with van der Waals surface area (Å²) in [4.78, 5) is 16.0. The minimum absolute atomic E-state index is 0.206. The molecule has 1 aliphatic carbocycles. The van der Waals surface area contributed by atoms with Crippen molar-refractivity contribution in [2.75, 3.05) is 6.54 Å². The fraction of sp³-hybridized carbons (Fsp3) is 0.429. The summed E-state index contributed by atoms with van der Waals surface area (Å²) in [5.74, 6) is 7.50. The minimum atomic E-state index is -0.536. The van der Waals surface area contributed by atoms with E-state index in [2.05, 4.69) is 32.3 Å². The summed E-state index contributed by atoms with van der Waals surface area (Å²) >= 11 is 1.79. The predicted octanol–water partition coefficient (Wildman–Crippen LogP) is 5.46. The van der Waals surface area contributed by atoms with Gasteiger partial charge in [-0.25, -0.2) is 4.79 Å². The lowest BCUT2D eigenvalue weighted by atomic mass is 10.1. The second kappa shape index (κ2) is 12.2. The molecule has 4 rings (SSSR count). The van der Waals surface area contributed by atoms with Gasteiger partial charge in [0.25, 0.3) is 0 Å². The van der Waals surface area contributed by atoms with E-state index < -0.39 is 11.7 Å². The van der Waals surface area contributed by atoms with E-state index in [1.807, 2.05) is 68.8 Å². The molecule has 2 aromatic heterocycles. The van der Waals surface area contributed by atoms with Gasteiger partial charge in [0, 0.05) is 17.0 Å². The molecule has 37 heavy (non-hydrogen) atoms. The summed E-state index contributed by atoms with van der Waals surface area (Å²) in [5, 5.41) is 13.0. The molecule has 2 heterocycles. The number of thioether (sulfide) groups is 1. The number of benzene rings is 1. The van der Waals surface area contributed by atoms with Gasteiger partial charge in [0.05, 0.1) is 18.4 Å². The van der Waals surface area contributed by atoms with Crippen LogP contribution in [0.4, 0.5) is 4.79 Å². The molecule has 0 atom stereocenters. The van der Waals surface area contributed by atoms with Crippen LogP contribution in [0.5, 0.6) is 5.75 Å². The SMILES string of the molecule is Cc1cc(OCc2nnc(SC3CCCC3)n2-c2cccnc2)ccc1C#CCNC(=O)OC(C)(C)C. The van der Waals surface area contributed by atoms with Crippen LogP contribution in [-0.4, -0.2) is 43.2 Å². The van der Waals surface area contributed by atoms with Crippen LogP contribution in [0, 0.1) is 18.8 Å². The highest BCUT2D eigenvalue weighted by molar-refractivity contribution is 7.99. The van der Waals surface area contributed by atoms with E-state index in [1.54, 1.807) is 18.0 Å². The van der Waals surface area contributed by atoms with Gasteiger partial charge in [0.2, 0.25) is 0 Å². The Morgan fingerprint density at radius 1 is 1.22 bits per heavy atom. The third-order valence-electron chi connectivity index (χ3n) is 5.69. The van der Waals surface area contributed by atoms with Gasteiger partial charge in [-0.1, -0.05) is 36.4 Å². The molecule has 9 heteroatoms. The number of carbonyl (C=O) groups excluding carboxylic acids is 1. The number of amides is 1. The number of alkyl carbamates (subject to hydrolysis) is 1. The van der Waals surface area contributed by atoms with Crippen LogP contribution in [0.1, 0.15) is 63.4 Å². The molecule has 0 unspecified atom stereocenters. The van der Waals surface area contributed by atoms with Crippen LogP contribution >= 0.6 is 11.8 Å². The molecule has 1 aliphatic rings. The lowest BCUT2D eigenvalue weighted by Gasteiger charge is -2.19. The van der Waals surface area contributed by atoms with Crippen LogP contribution in [0.2, 0.25) is 0 Å². The largest absolute Gasteiger partial charge is 0.486 e. The van der Waals surface area contributed by atoms with Gasteiger partial charge in [-0.2, -0.15) is 0 Å². The molecule has 1 aromatic carbocycles. The summed E-state index contributed by atoms with van der Waals surface area (Å²) in [7, 11) is 0. The molecule has 0 bridgehead atoms. The zero-order valence-electron chi connectivity index (χ0n) is 21.8. The van der Waals surface area contributed by atoms with E-state index in [0.717, 1.165) is 33.5 Å². The van der Waals surface area contributed by atoms with E-state index in [9.17, 15) is 4.79 Å². The molecule has 0 aliphatic heterocycles. The Labute approximate surface area is 222 Å². The number of hydrogen-bond donors (Lipinski definition) is 1. The number of nitrogens with zero attached hydrogens (tertiary/aromatic N) is 4. The molecule has 1 amide bonds. The number of aryl methyl sites for hydroxylation is 1. The fourth-order valence-corrected chi connectivity index (χ4v) is 5.23. The van der Waals surface area contributed by atoms with Crippen molar-refractivity contribution in [3.63, 3.8) is 0 Å². The van der Waals surface area contributed by atoms with Crippen molar-refractivity contribution in [2.24, 2.45) is 0 Å². The standard InChI is InChI=1S/C28H33N5O3S/c1-20-17-23(14-13-21(20)9-7-16-30-27(34)36-28(2,3)4)35-19-25-31-32-26(37-24-11-5-6-12-24)33(25)22-10-8-15-29-18-22/h8,10,13-15,17-18,24H,5-6,11-12,16,19H2,1-4H3,(H,30,34). The van der Waals surface area contributed by atoms with Crippen molar-refractivity contribution >= 4 is 17.9 Å². The van der Waals surface area contributed by atoms with Crippen LogP contribution in [0.3, 0.4) is 0 Å². The number of aromatic nitrogens is 4. The Bertz CT molecular complexity index is 1270.